The molecule has 0 bridgehead atoms. The summed E-state index contributed by atoms with van der Waals surface area (Å²) in [5.74, 6) is -0.846. The minimum atomic E-state index is -1.19. The predicted octanol–water partition coefficient (Wildman–Crippen LogP) is 0.330. The van der Waals surface area contributed by atoms with Gasteiger partial charge in [0.2, 0.25) is 6.54 Å². The molecule has 0 unspecified atom stereocenters. The lowest BCUT2D eigenvalue weighted by molar-refractivity contribution is -0.493. The molecule has 86 valence electrons. The van der Waals surface area contributed by atoms with Crippen LogP contribution in [0.4, 0.5) is 0 Å². The molecular weight excluding hydrogens is 202 g/mol. The molecule has 1 aliphatic rings. The highest BCUT2D eigenvalue weighted by atomic mass is 16.8. The fraction of sp³-hybridized carbons (Fsp3) is 0.778. The minimum Gasteiger partial charge on any atom is -0.383 e. The first-order chi connectivity index (χ1) is 6.85. The number of hydrogen-bond acceptors (Lipinski definition) is 5. The fourth-order valence-corrected chi connectivity index (χ4v) is 1.55. The van der Waals surface area contributed by atoms with Crippen LogP contribution in [0, 0.1) is 10.1 Å². The molecule has 1 saturated heterocycles. The minimum absolute atomic E-state index is 0.519. The molecule has 15 heavy (non-hydrogen) atoms. The standard InChI is InChI=1S/C9H15NO5/c1-4-7-8(6(11)5-10(12)13)15-9(2,3)14-7/h4,6-8,11H,1,5H2,2-3H3/t6-,7+,8-/m0/s1. The molecule has 0 amide bonds. The summed E-state index contributed by atoms with van der Waals surface area (Å²) >= 11 is 0. The van der Waals surface area contributed by atoms with E-state index in [1.54, 1.807) is 13.8 Å². The van der Waals surface area contributed by atoms with Crippen molar-refractivity contribution in [3.05, 3.63) is 22.8 Å². The number of hydrogen-bond donors (Lipinski definition) is 1. The van der Waals surface area contributed by atoms with E-state index >= 15 is 0 Å². The van der Waals surface area contributed by atoms with Crippen molar-refractivity contribution in [2.24, 2.45) is 0 Å². The fourth-order valence-electron chi connectivity index (χ4n) is 1.55. The summed E-state index contributed by atoms with van der Waals surface area (Å²) in [5.41, 5.74) is 0. The zero-order valence-corrected chi connectivity index (χ0v) is 8.75. The number of aliphatic hydroxyl groups is 1. The van der Waals surface area contributed by atoms with E-state index < -0.39 is 35.6 Å². The van der Waals surface area contributed by atoms with Gasteiger partial charge in [-0.15, -0.1) is 6.58 Å². The van der Waals surface area contributed by atoms with E-state index in [0.717, 1.165) is 0 Å². The summed E-state index contributed by atoms with van der Waals surface area (Å²) in [4.78, 5) is 9.66. The lowest BCUT2D eigenvalue weighted by Crippen LogP contribution is -2.39. The lowest BCUT2D eigenvalue weighted by atomic mass is 10.1. The molecule has 1 heterocycles. The van der Waals surface area contributed by atoms with Crippen molar-refractivity contribution in [1.82, 2.24) is 0 Å². The molecule has 3 atom stereocenters. The number of ether oxygens (including phenoxy) is 2. The van der Waals surface area contributed by atoms with Gasteiger partial charge in [-0.25, -0.2) is 0 Å². The first-order valence-electron chi connectivity index (χ1n) is 4.64. The van der Waals surface area contributed by atoms with Gasteiger partial charge >= 0.3 is 0 Å². The van der Waals surface area contributed by atoms with Crippen molar-refractivity contribution in [3.8, 4) is 0 Å². The maximum Gasteiger partial charge on any atom is 0.232 e. The van der Waals surface area contributed by atoms with Crippen molar-refractivity contribution in [3.63, 3.8) is 0 Å². The highest BCUT2D eigenvalue weighted by molar-refractivity contribution is 4.96. The number of nitro groups is 1. The van der Waals surface area contributed by atoms with Crippen LogP contribution in [-0.2, 0) is 9.47 Å². The second-order valence-corrected chi connectivity index (χ2v) is 3.88. The average molecular weight is 217 g/mol. The third-order valence-corrected chi connectivity index (χ3v) is 2.11. The Bertz CT molecular complexity index is 265. The number of rotatable bonds is 4. The number of aliphatic hydroxyl groups excluding tert-OH is 1. The zero-order valence-electron chi connectivity index (χ0n) is 8.75. The third-order valence-electron chi connectivity index (χ3n) is 2.11. The van der Waals surface area contributed by atoms with Gasteiger partial charge in [-0.1, -0.05) is 6.08 Å². The molecule has 1 N–H and O–H groups in total. The molecule has 1 fully saturated rings. The van der Waals surface area contributed by atoms with Crippen LogP contribution in [-0.4, -0.2) is 40.7 Å². The summed E-state index contributed by atoms with van der Waals surface area (Å²) < 4.78 is 10.8. The smallest absolute Gasteiger partial charge is 0.232 e. The van der Waals surface area contributed by atoms with Gasteiger partial charge in [0.15, 0.2) is 5.79 Å². The normalized spacial score (nSPS) is 31.1. The Labute approximate surface area is 87.6 Å². The molecule has 0 spiro atoms. The van der Waals surface area contributed by atoms with Gasteiger partial charge in [0, 0.05) is 4.92 Å². The Morgan fingerprint density at radius 2 is 2.27 bits per heavy atom. The molecule has 0 aromatic heterocycles. The van der Waals surface area contributed by atoms with E-state index in [4.69, 9.17) is 9.47 Å². The Hall–Kier alpha value is -0.980. The summed E-state index contributed by atoms with van der Waals surface area (Å²) in [6.45, 7) is 6.34. The molecule has 0 aromatic carbocycles. The Kier molecular flexibility index (Phi) is 3.43. The van der Waals surface area contributed by atoms with Crippen molar-refractivity contribution in [1.29, 1.82) is 0 Å². The molecule has 0 radical (unpaired) electrons. The van der Waals surface area contributed by atoms with E-state index in [1.807, 2.05) is 0 Å². The molecular formula is C9H15NO5. The molecule has 1 aliphatic heterocycles. The topological polar surface area (TPSA) is 81.8 Å². The third kappa shape index (κ3) is 2.98. The van der Waals surface area contributed by atoms with Crippen LogP contribution < -0.4 is 0 Å². The van der Waals surface area contributed by atoms with Crippen LogP contribution >= 0.6 is 0 Å². The monoisotopic (exact) mass is 217 g/mol. The molecule has 0 aliphatic carbocycles. The highest BCUT2D eigenvalue weighted by Crippen LogP contribution is 2.30. The lowest BCUT2D eigenvalue weighted by Gasteiger charge is -2.18. The highest BCUT2D eigenvalue weighted by Gasteiger charge is 2.44. The largest absolute Gasteiger partial charge is 0.383 e. The van der Waals surface area contributed by atoms with E-state index in [2.05, 4.69) is 6.58 Å². The molecule has 0 aromatic rings. The zero-order chi connectivity index (χ0) is 11.6. The quantitative estimate of drug-likeness (QED) is 0.417. The van der Waals surface area contributed by atoms with Crippen molar-refractivity contribution in [2.45, 2.75) is 37.9 Å². The van der Waals surface area contributed by atoms with Gasteiger partial charge in [-0.05, 0) is 13.8 Å². The van der Waals surface area contributed by atoms with E-state index in [-0.39, 0.29) is 0 Å². The van der Waals surface area contributed by atoms with Gasteiger partial charge in [-0.3, -0.25) is 10.1 Å². The molecule has 0 saturated carbocycles. The Morgan fingerprint density at radius 3 is 2.73 bits per heavy atom. The van der Waals surface area contributed by atoms with Crippen LogP contribution in [0.2, 0.25) is 0 Å². The van der Waals surface area contributed by atoms with Crippen molar-refractivity contribution in [2.75, 3.05) is 6.54 Å². The predicted molar refractivity (Wildman–Crippen MR) is 51.9 cm³/mol. The van der Waals surface area contributed by atoms with Gasteiger partial charge < -0.3 is 14.6 Å². The first kappa shape index (κ1) is 12.1. The van der Waals surface area contributed by atoms with Crippen LogP contribution in [0.3, 0.4) is 0 Å². The summed E-state index contributed by atoms with van der Waals surface area (Å²) in [6, 6.07) is 0. The Morgan fingerprint density at radius 1 is 1.67 bits per heavy atom. The summed E-state index contributed by atoms with van der Waals surface area (Å²) in [6.07, 6.45) is -0.967. The number of nitrogens with zero attached hydrogens (tertiary/aromatic N) is 1. The van der Waals surface area contributed by atoms with Gasteiger partial charge in [0.1, 0.15) is 18.3 Å². The van der Waals surface area contributed by atoms with Gasteiger partial charge in [-0.2, -0.15) is 0 Å². The SMILES string of the molecule is C=C[C@H]1OC(C)(C)O[C@H]1[C@@H](O)C[N+](=O)[O-]. The molecule has 6 heteroatoms. The van der Waals surface area contributed by atoms with Crippen LogP contribution in [0.5, 0.6) is 0 Å². The summed E-state index contributed by atoms with van der Waals surface area (Å²) in [5, 5.41) is 19.8. The maximum absolute atomic E-state index is 10.2. The second kappa shape index (κ2) is 4.26. The van der Waals surface area contributed by atoms with Crippen LogP contribution in [0.1, 0.15) is 13.8 Å². The molecule has 1 rings (SSSR count). The van der Waals surface area contributed by atoms with Gasteiger partial charge in [0.05, 0.1) is 0 Å². The first-order valence-corrected chi connectivity index (χ1v) is 4.64. The summed E-state index contributed by atoms with van der Waals surface area (Å²) in [7, 11) is 0. The van der Waals surface area contributed by atoms with Crippen LogP contribution in [0.15, 0.2) is 12.7 Å². The van der Waals surface area contributed by atoms with Crippen LogP contribution in [0.25, 0.3) is 0 Å². The average Bonchev–Trinajstić information content (AvgIpc) is 2.40. The van der Waals surface area contributed by atoms with E-state index in [0.29, 0.717) is 0 Å². The van der Waals surface area contributed by atoms with E-state index in [1.165, 1.54) is 6.08 Å². The van der Waals surface area contributed by atoms with Gasteiger partial charge in [0.25, 0.3) is 0 Å². The second-order valence-electron chi connectivity index (χ2n) is 3.88. The maximum atomic E-state index is 10.2. The van der Waals surface area contributed by atoms with Crippen molar-refractivity contribution < 1.29 is 19.5 Å². The Balaban J connectivity index is 2.67. The molecule has 6 nitrogen and oxygen atoms in total. The van der Waals surface area contributed by atoms with E-state index in [9.17, 15) is 15.2 Å². The van der Waals surface area contributed by atoms with Crippen molar-refractivity contribution >= 4 is 0 Å².